The molecule has 0 aliphatic rings. The molecule has 0 atom stereocenters. The molecular formula is C21H23N5O. The van der Waals surface area contributed by atoms with Crippen molar-refractivity contribution in [2.45, 2.75) is 20.8 Å². The van der Waals surface area contributed by atoms with E-state index in [2.05, 4.69) is 25.9 Å². The smallest absolute Gasteiger partial charge is 0.255 e. The molecule has 6 heteroatoms. The summed E-state index contributed by atoms with van der Waals surface area (Å²) in [6, 6.07) is 16.9. The first-order valence-electron chi connectivity index (χ1n) is 8.88. The highest BCUT2D eigenvalue weighted by molar-refractivity contribution is 6.04. The van der Waals surface area contributed by atoms with Crippen molar-refractivity contribution >= 4 is 28.9 Å². The number of nitrogens with zero attached hydrogens (tertiary/aromatic N) is 2. The Balaban J connectivity index is 1.68. The van der Waals surface area contributed by atoms with Gasteiger partial charge in [-0.25, -0.2) is 9.97 Å². The summed E-state index contributed by atoms with van der Waals surface area (Å²) in [6.07, 6.45) is 0. The van der Waals surface area contributed by atoms with Gasteiger partial charge in [0.05, 0.1) is 0 Å². The summed E-state index contributed by atoms with van der Waals surface area (Å²) < 4.78 is 0. The molecule has 0 unspecified atom stereocenters. The molecule has 1 heterocycles. The van der Waals surface area contributed by atoms with Crippen LogP contribution in [0, 0.1) is 13.8 Å². The Morgan fingerprint density at radius 2 is 1.63 bits per heavy atom. The van der Waals surface area contributed by atoms with Gasteiger partial charge in [0.2, 0.25) is 0 Å². The van der Waals surface area contributed by atoms with E-state index in [1.807, 2.05) is 69.3 Å². The number of aryl methyl sites for hydroxylation is 2. The summed E-state index contributed by atoms with van der Waals surface area (Å²) >= 11 is 0. The minimum absolute atomic E-state index is 0.124. The standard InChI is InChI=1S/C21H23N5O/c1-4-22-19-13-20(24-15(3)23-19)25-17-8-10-18(11-9-17)26-21(27)16-7-5-6-14(2)12-16/h5-13H,4H2,1-3H3,(H,26,27)(H2,22,23,24,25). The Labute approximate surface area is 159 Å². The first-order valence-corrected chi connectivity index (χ1v) is 8.88. The van der Waals surface area contributed by atoms with Crippen LogP contribution < -0.4 is 16.0 Å². The van der Waals surface area contributed by atoms with Crippen molar-refractivity contribution in [1.82, 2.24) is 9.97 Å². The third-order valence-corrected chi connectivity index (χ3v) is 3.89. The van der Waals surface area contributed by atoms with Gasteiger partial charge in [-0.15, -0.1) is 0 Å². The number of carbonyl (C=O) groups excluding carboxylic acids is 1. The predicted molar refractivity (Wildman–Crippen MR) is 110 cm³/mol. The Hall–Kier alpha value is -3.41. The summed E-state index contributed by atoms with van der Waals surface area (Å²) in [5, 5.41) is 9.35. The van der Waals surface area contributed by atoms with Crippen LogP contribution in [-0.2, 0) is 0 Å². The minimum Gasteiger partial charge on any atom is -0.370 e. The van der Waals surface area contributed by atoms with E-state index in [1.54, 1.807) is 6.07 Å². The molecule has 0 radical (unpaired) electrons. The van der Waals surface area contributed by atoms with Gasteiger partial charge < -0.3 is 16.0 Å². The molecular weight excluding hydrogens is 338 g/mol. The lowest BCUT2D eigenvalue weighted by Crippen LogP contribution is -2.11. The van der Waals surface area contributed by atoms with Crippen LogP contribution in [0.4, 0.5) is 23.0 Å². The fourth-order valence-electron chi connectivity index (χ4n) is 2.68. The number of amides is 1. The van der Waals surface area contributed by atoms with Crippen LogP contribution in [0.25, 0.3) is 0 Å². The SMILES string of the molecule is CCNc1cc(Nc2ccc(NC(=O)c3cccc(C)c3)cc2)nc(C)n1. The average Bonchev–Trinajstić information content (AvgIpc) is 2.63. The van der Waals surface area contributed by atoms with Crippen molar-refractivity contribution in [2.75, 3.05) is 22.5 Å². The van der Waals surface area contributed by atoms with Gasteiger partial charge in [-0.1, -0.05) is 17.7 Å². The van der Waals surface area contributed by atoms with Gasteiger partial charge in [-0.05, 0) is 57.2 Å². The molecule has 0 aliphatic carbocycles. The highest BCUT2D eigenvalue weighted by Crippen LogP contribution is 2.20. The van der Waals surface area contributed by atoms with Crippen LogP contribution >= 0.6 is 0 Å². The van der Waals surface area contributed by atoms with E-state index in [1.165, 1.54) is 0 Å². The Bertz CT molecular complexity index is 938. The van der Waals surface area contributed by atoms with Crippen LogP contribution in [0.3, 0.4) is 0 Å². The molecule has 0 saturated carbocycles. The first-order chi connectivity index (χ1) is 13.0. The van der Waals surface area contributed by atoms with Gasteiger partial charge in [-0.3, -0.25) is 4.79 Å². The summed E-state index contributed by atoms with van der Waals surface area (Å²) in [4.78, 5) is 21.1. The van der Waals surface area contributed by atoms with E-state index in [4.69, 9.17) is 0 Å². The number of hydrogen-bond acceptors (Lipinski definition) is 5. The van der Waals surface area contributed by atoms with Gasteiger partial charge in [0.1, 0.15) is 17.5 Å². The number of carbonyl (C=O) groups is 1. The van der Waals surface area contributed by atoms with Crippen LogP contribution in [0.2, 0.25) is 0 Å². The van der Waals surface area contributed by atoms with Gasteiger partial charge in [-0.2, -0.15) is 0 Å². The Morgan fingerprint density at radius 3 is 2.33 bits per heavy atom. The van der Waals surface area contributed by atoms with Crippen molar-refractivity contribution < 1.29 is 4.79 Å². The van der Waals surface area contributed by atoms with Crippen LogP contribution in [-0.4, -0.2) is 22.4 Å². The normalized spacial score (nSPS) is 10.3. The van der Waals surface area contributed by atoms with Gasteiger partial charge in [0.15, 0.2) is 0 Å². The van der Waals surface area contributed by atoms with Crippen molar-refractivity contribution in [3.63, 3.8) is 0 Å². The third kappa shape index (κ3) is 5.04. The van der Waals surface area contributed by atoms with Crippen molar-refractivity contribution in [1.29, 1.82) is 0 Å². The number of benzene rings is 2. The van der Waals surface area contributed by atoms with E-state index in [0.29, 0.717) is 11.4 Å². The molecule has 2 aromatic carbocycles. The van der Waals surface area contributed by atoms with E-state index in [0.717, 1.165) is 35.1 Å². The molecule has 27 heavy (non-hydrogen) atoms. The molecule has 1 amide bonds. The Kier molecular flexibility index (Phi) is 5.66. The monoisotopic (exact) mass is 361 g/mol. The Morgan fingerprint density at radius 1 is 0.926 bits per heavy atom. The maximum atomic E-state index is 12.3. The summed E-state index contributed by atoms with van der Waals surface area (Å²) in [7, 11) is 0. The zero-order valence-electron chi connectivity index (χ0n) is 15.7. The number of hydrogen-bond donors (Lipinski definition) is 3. The number of aromatic nitrogens is 2. The maximum Gasteiger partial charge on any atom is 0.255 e. The largest absolute Gasteiger partial charge is 0.370 e. The van der Waals surface area contributed by atoms with Crippen LogP contribution in [0.5, 0.6) is 0 Å². The molecule has 0 saturated heterocycles. The molecule has 138 valence electrons. The first kappa shape index (κ1) is 18.4. The fourth-order valence-corrected chi connectivity index (χ4v) is 2.68. The fraction of sp³-hybridized carbons (Fsp3) is 0.190. The second-order valence-corrected chi connectivity index (χ2v) is 6.24. The topological polar surface area (TPSA) is 78.9 Å². The summed E-state index contributed by atoms with van der Waals surface area (Å²) in [5.74, 6) is 2.07. The molecule has 6 nitrogen and oxygen atoms in total. The molecule has 0 aliphatic heterocycles. The average molecular weight is 361 g/mol. The van der Waals surface area contributed by atoms with Crippen molar-refractivity contribution in [2.24, 2.45) is 0 Å². The lowest BCUT2D eigenvalue weighted by molar-refractivity contribution is 0.102. The van der Waals surface area contributed by atoms with Crippen molar-refractivity contribution in [3.05, 3.63) is 71.5 Å². The number of anilines is 4. The molecule has 3 aromatic rings. The minimum atomic E-state index is -0.124. The predicted octanol–water partition coefficient (Wildman–Crippen LogP) is 4.52. The number of nitrogens with one attached hydrogen (secondary N) is 3. The second kappa shape index (κ2) is 8.31. The van der Waals surface area contributed by atoms with Gasteiger partial charge in [0.25, 0.3) is 5.91 Å². The molecule has 3 N–H and O–H groups in total. The zero-order chi connectivity index (χ0) is 19.2. The molecule has 3 rings (SSSR count). The van der Waals surface area contributed by atoms with Crippen LogP contribution in [0.1, 0.15) is 28.7 Å². The quantitative estimate of drug-likeness (QED) is 0.601. The van der Waals surface area contributed by atoms with E-state index in [-0.39, 0.29) is 5.91 Å². The van der Waals surface area contributed by atoms with Gasteiger partial charge >= 0.3 is 0 Å². The molecule has 0 fully saturated rings. The lowest BCUT2D eigenvalue weighted by atomic mass is 10.1. The maximum absolute atomic E-state index is 12.3. The highest BCUT2D eigenvalue weighted by atomic mass is 16.1. The third-order valence-electron chi connectivity index (χ3n) is 3.89. The summed E-state index contributed by atoms with van der Waals surface area (Å²) in [5.41, 5.74) is 3.31. The lowest BCUT2D eigenvalue weighted by Gasteiger charge is -2.10. The van der Waals surface area contributed by atoms with E-state index in [9.17, 15) is 4.79 Å². The van der Waals surface area contributed by atoms with Gasteiger partial charge in [0, 0.05) is 29.5 Å². The molecule has 1 aromatic heterocycles. The van der Waals surface area contributed by atoms with E-state index < -0.39 is 0 Å². The molecule has 0 bridgehead atoms. The number of rotatable bonds is 6. The molecule has 0 spiro atoms. The highest BCUT2D eigenvalue weighted by Gasteiger charge is 2.07. The zero-order valence-corrected chi connectivity index (χ0v) is 15.7. The summed E-state index contributed by atoms with van der Waals surface area (Å²) in [6.45, 7) is 6.64. The van der Waals surface area contributed by atoms with E-state index >= 15 is 0 Å². The second-order valence-electron chi connectivity index (χ2n) is 6.24. The van der Waals surface area contributed by atoms with Crippen molar-refractivity contribution in [3.8, 4) is 0 Å². The van der Waals surface area contributed by atoms with Crippen LogP contribution in [0.15, 0.2) is 54.6 Å².